The second-order valence-corrected chi connectivity index (χ2v) is 7.13. The molecule has 0 atom stereocenters. The van der Waals surface area contributed by atoms with E-state index in [0.29, 0.717) is 0 Å². The van der Waals surface area contributed by atoms with Crippen LogP contribution >= 0.6 is 23.4 Å². The van der Waals surface area contributed by atoms with E-state index in [1.54, 1.807) is 0 Å². The van der Waals surface area contributed by atoms with E-state index in [1.165, 1.54) is 29.1 Å². The van der Waals surface area contributed by atoms with Crippen LogP contribution < -0.4 is 5.32 Å². The van der Waals surface area contributed by atoms with Crippen LogP contribution in [0.25, 0.3) is 0 Å². The SMILES string of the molecule is CCCCSc1ccc(CNC(C)(C)C)c(Cl)c1. The second-order valence-electron chi connectivity index (χ2n) is 5.56. The van der Waals surface area contributed by atoms with Crippen LogP contribution in [0.15, 0.2) is 23.1 Å². The third-order valence-corrected chi connectivity index (χ3v) is 4.03. The Balaban J connectivity index is 2.56. The van der Waals surface area contributed by atoms with E-state index in [1.807, 2.05) is 11.8 Å². The minimum atomic E-state index is 0.123. The molecule has 1 nitrogen and oxygen atoms in total. The first-order chi connectivity index (χ1) is 8.42. The fraction of sp³-hybridized carbons (Fsp3) is 0.600. The van der Waals surface area contributed by atoms with Gasteiger partial charge in [-0.2, -0.15) is 0 Å². The zero-order valence-electron chi connectivity index (χ0n) is 11.8. The van der Waals surface area contributed by atoms with E-state index >= 15 is 0 Å². The predicted molar refractivity (Wildman–Crippen MR) is 83.7 cm³/mol. The molecule has 1 aromatic carbocycles. The summed E-state index contributed by atoms with van der Waals surface area (Å²) in [5, 5.41) is 4.33. The van der Waals surface area contributed by atoms with E-state index in [0.717, 1.165) is 11.6 Å². The van der Waals surface area contributed by atoms with E-state index in [2.05, 4.69) is 51.2 Å². The van der Waals surface area contributed by atoms with Gasteiger partial charge in [0.1, 0.15) is 0 Å². The molecule has 0 fully saturated rings. The van der Waals surface area contributed by atoms with Crippen molar-refractivity contribution in [2.24, 2.45) is 0 Å². The average molecular weight is 286 g/mol. The summed E-state index contributed by atoms with van der Waals surface area (Å²) in [6.45, 7) is 9.53. The number of halogens is 1. The lowest BCUT2D eigenvalue weighted by Crippen LogP contribution is -2.35. The first kappa shape index (κ1) is 15.9. The van der Waals surface area contributed by atoms with Crippen molar-refractivity contribution in [2.75, 3.05) is 5.75 Å². The molecule has 0 aliphatic rings. The second kappa shape index (κ2) is 7.42. The minimum absolute atomic E-state index is 0.123. The van der Waals surface area contributed by atoms with Crippen LogP contribution in [0.2, 0.25) is 5.02 Å². The number of unbranched alkanes of at least 4 members (excludes halogenated alkanes) is 1. The minimum Gasteiger partial charge on any atom is -0.308 e. The molecule has 0 bridgehead atoms. The van der Waals surface area contributed by atoms with Crippen LogP contribution in [0.1, 0.15) is 46.1 Å². The summed E-state index contributed by atoms with van der Waals surface area (Å²) in [5.74, 6) is 1.17. The lowest BCUT2D eigenvalue weighted by atomic mass is 10.1. The maximum Gasteiger partial charge on any atom is 0.0462 e. The first-order valence-electron chi connectivity index (χ1n) is 6.58. The number of hydrogen-bond donors (Lipinski definition) is 1. The van der Waals surface area contributed by atoms with Crippen molar-refractivity contribution in [2.45, 2.75) is 57.5 Å². The molecule has 0 aliphatic carbocycles. The molecule has 1 aromatic rings. The van der Waals surface area contributed by atoms with Gasteiger partial charge in [0, 0.05) is 22.0 Å². The Labute approximate surface area is 121 Å². The molecule has 18 heavy (non-hydrogen) atoms. The zero-order valence-corrected chi connectivity index (χ0v) is 13.4. The molecule has 0 spiro atoms. The Morgan fingerprint density at radius 2 is 2.00 bits per heavy atom. The fourth-order valence-corrected chi connectivity index (χ4v) is 2.80. The molecule has 1 N–H and O–H groups in total. The maximum atomic E-state index is 6.32. The molecular formula is C15H24ClNS. The molecule has 102 valence electrons. The molecule has 0 heterocycles. The number of benzene rings is 1. The highest BCUT2D eigenvalue weighted by Crippen LogP contribution is 2.26. The van der Waals surface area contributed by atoms with Gasteiger partial charge in [-0.25, -0.2) is 0 Å². The Kier molecular flexibility index (Phi) is 6.54. The number of rotatable bonds is 6. The van der Waals surface area contributed by atoms with Crippen LogP contribution in [0.5, 0.6) is 0 Å². The predicted octanol–water partition coefficient (Wildman–Crippen LogP) is 5.12. The smallest absolute Gasteiger partial charge is 0.0462 e. The van der Waals surface area contributed by atoms with Gasteiger partial charge in [0.15, 0.2) is 0 Å². The summed E-state index contributed by atoms with van der Waals surface area (Å²) < 4.78 is 0. The lowest BCUT2D eigenvalue weighted by Gasteiger charge is -2.21. The van der Waals surface area contributed by atoms with Crippen LogP contribution in [-0.4, -0.2) is 11.3 Å². The Hall–Kier alpha value is -0.180. The average Bonchev–Trinajstić information content (AvgIpc) is 2.27. The summed E-state index contributed by atoms with van der Waals surface area (Å²) in [6, 6.07) is 6.39. The van der Waals surface area contributed by atoms with E-state index < -0.39 is 0 Å². The molecule has 0 aromatic heterocycles. The number of nitrogens with one attached hydrogen (secondary N) is 1. The van der Waals surface area contributed by atoms with Gasteiger partial charge < -0.3 is 5.32 Å². The standard InChI is InChI=1S/C15H24ClNS/c1-5-6-9-18-13-8-7-12(14(16)10-13)11-17-15(2,3)4/h7-8,10,17H,5-6,9,11H2,1-4H3. The van der Waals surface area contributed by atoms with Gasteiger partial charge in [0.05, 0.1) is 0 Å². The van der Waals surface area contributed by atoms with Gasteiger partial charge in [-0.1, -0.05) is 31.0 Å². The quantitative estimate of drug-likeness (QED) is 0.575. The van der Waals surface area contributed by atoms with Gasteiger partial charge in [-0.3, -0.25) is 0 Å². The van der Waals surface area contributed by atoms with E-state index in [-0.39, 0.29) is 5.54 Å². The van der Waals surface area contributed by atoms with Gasteiger partial charge >= 0.3 is 0 Å². The Morgan fingerprint density at radius 3 is 2.56 bits per heavy atom. The van der Waals surface area contributed by atoms with Crippen LogP contribution in [0.4, 0.5) is 0 Å². The van der Waals surface area contributed by atoms with Crippen molar-refractivity contribution in [1.82, 2.24) is 5.32 Å². The summed E-state index contributed by atoms with van der Waals surface area (Å²) in [4.78, 5) is 1.27. The molecule has 3 heteroatoms. The fourth-order valence-electron chi connectivity index (χ4n) is 1.46. The normalized spacial score (nSPS) is 11.8. The van der Waals surface area contributed by atoms with Gasteiger partial charge in [0.2, 0.25) is 0 Å². The Bertz CT molecular complexity index is 371. The number of hydrogen-bond acceptors (Lipinski definition) is 2. The van der Waals surface area contributed by atoms with E-state index in [4.69, 9.17) is 11.6 Å². The summed E-state index contributed by atoms with van der Waals surface area (Å²) in [5.41, 5.74) is 1.30. The van der Waals surface area contributed by atoms with Crippen molar-refractivity contribution >= 4 is 23.4 Å². The molecule has 0 aliphatic heterocycles. The number of thioether (sulfide) groups is 1. The first-order valence-corrected chi connectivity index (χ1v) is 7.95. The Morgan fingerprint density at radius 1 is 1.28 bits per heavy atom. The summed E-state index contributed by atoms with van der Waals surface area (Å²) in [6.07, 6.45) is 2.50. The van der Waals surface area contributed by atoms with Gasteiger partial charge in [-0.05, 0) is 50.6 Å². The van der Waals surface area contributed by atoms with Crippen LogP contribution in [0.3, 0.4) is 0 Å². The molecule has 0 unspecified atom stereocenters. The highest BCUT2D eigenvalue weighted by atomic mass is 35.5. The van der Waals surface area contributed by atoms with E-state index in [9.17, 15) is 0 Å². The van der Waals surface area contributed by atoms with Crippen LogP contribution in [0, 0.1) is 0 Å². The third-order valence-electron chi connectivity index (χ3n) is 2.60. The highest BCUT2D eigenvalue weighted by molar-refractivity contribution is 7.99. The van der Waals surface area contributed by atoms with Crippen molar-refractivity contribution in [1.29, 1.82) is 0 Å². The van der Waals surface area contributed by atoms with Crippen molar-refractivity contribution in [3.63, 3.8) is 0 Å². The van der Waals surface area contributed by atoms with Crippen molar-refractivity contribution in [3.8, 4) is 0 Å². The van der Waals surface area contributed by atoms with Gasteiger partial charge in [-0.15, -0.1) is 11.8 Å². The topological polar surface area (TPSA) is 12.0 Å². The maximum absolute atomic E-state index is 6.32. The van der Waals surface area contributed by atoms with Gasteiger partial charge in [0.25, 0.3) is 0 Å². The largest absolute Gasteiger partial charge is 0.308 e. The monoisotopic (exact) mass is 285 g/mol. The molecule has 1 rings (SSSR count). The molecule has 0 saturated carbocycles. The summed E-state index contributed by atoms with van der Waals surface area (Å²) >= 11 is 8.20. The molecule has 0 amide bonds. The highest BCUT2D eigenvalue weighted by Gasteiger charge is 2.10. The lowest BCUT2D eigenvalue weighted by molar-refractivity contribution is 0.424. The third kappa shape index (κ3) is 6.12. The molecule has 0 radical (unpaired) electrons. The van der Waals surface area contributed by atoms with Crippen LogP contribution in [-0.2, 0) is 6.54 Å². The summed E-state index contributed by atoms with van der Waals surface area (Å²) in [7, 11) is 0. The molecular weight excluding hydrogens is 262 g/mol. The molecule has 0 saturated heterocycles. The zero-order chi connectivity index (χ0) is 13.6. The van der Waals surface area contributed by atoms with Crippen molar-refractivity contribution < 1.29 is 0 Å². The van der Waals surface area contributed by atoms with Crippen molar-refractivity contribution in [3.05, 3.63) is 28.8 Å².